The van der Waals surface area contributed by atoms with Crippen molar-refractivity contribution in [1.29, 1.82) is 0 Å². The van der Waals surface area contributed by atoms with Gasteiger partial charge >= 0.3 is 5.97 Å². The van der Waals surface area contributed by atoms with Gasteiger partial charge in [-0.05, 0) is 29.8 Å². The first-order valence-corrected chi connectivity index (χ1v) is 7.68. The first-order valence-electron chi connectivity index (χ1n) is 7.68. The fourth-order valence-electron chi connectivity index (χ4n) is 2.40. The smallest absolute Gasteiger partial charge is 0.337 e. The van der Waals surface area contributed by atoms with Crippen molar-refractivity contribution in [3.63, 3.8) is 0 Å². The molecule has 0 saturated carbocycles. The van der Waals surface area contributed by atoms with Crippen LogP contribution in [0.25, 0.3) is 0 Å². The van der Waals surface area contributed by atoms with Gasteiger partial charge in [-0.1, -0.05) is 30.3 Å². The summed E-state index contributed by atoms with van der Waals surface area (Å²) in [5, 5.41) is 8.94. The number of pyridine rings is 1. The standard InChI is InChI=1S/C19H16N2O4/c22-18(17-9-8-15(11-20-17)19(23)24)21(13-16-7-4-10-25-16)12-14-5-2-1-3-6-14/h1-11H,12-13H2,(H,23,24). The third kappa shape index (κ3) is 4.11. The van der Waals surface area contributed by atoms with Gasteiger partial charge in [-0.3, -0.25) is 9.78 Å². The number of benzene rings is 1. The van der Waals surface area contributed by atoms with E-state index in [1.165, 1.54) is 18.3 Å². The molecule has 6 heteroatoms. The summed E-state index contributed by atoms with van der Waals surface area (Å²) in [6.07, 6.45) is 2.74. The number of hydrogen-bond acceptors (Lipinski definition) is 4. The normalized spacial score (nSPS) is 10.4. The van der Waals surface area contributed by atoms with Gasteiger partial charge in [-0.25, -0.2) is 4.79 Å². The SMILES string of the molecule is O=C(O)c1ccc(C(=O)N(Cc2ccccc2)Cc2ccco2)nc1. The summed E-state index contributed by atoms with van der Waals surface area (Å²) < 4.78 is 5.35. The molecule has 0 unspecified atom stereocenters. The highest BCUT2D eigenvalue weighted by atomic mass is 16.4. The van der Waals surface area contributed by atoms with E-state index >= 15 is 0 Å². The summed E-state index contributed by atoms with van der Waals surface area (Å²) in [5.74, 6) is -0.716. The zero-order valence-electron chi connectivity index (χ0n) is 13.3. The van der Waals surface area contributed by atoms with E-state index in [1.807, 2.05) is 30.3 Å². The molecule has 25 heavy (non-hydrogen) atoms. The number of hydrogen-bond donors (Lipinski definition) is 1. The molecule has 2 aromatic heterocycles. The number of aromatic carboxylic acids is 1. The fraction of sp³-hybridized carbons (Fsp3) is 0.105. The van der Waals surface area contributed by atoms with Gasteiger partial charge in [0, 0.05) is 12.7 Å². The monoisotopic (exact) mass is 336 g/mol. The number of amides is 1. The van der Waals surface area contributed by atoms with Crippen molar-refractivity contribution < 1.29 is 19.1 Å². The Balaban J connectivity index is 1.84. The third-order valence-electron chi connectivity index (χ3n) is 3.66. The molecule has 0 radical (unpaired) electrons. The number of furan rings is 1. The molecule has 3 rings (SSSR count). The Bertz CT molecular complexity index is 843. The van der Waals surface area contributed by atoms with Gasteiger partial charge in [0.15, 0.2) is 0 Å². The minimum atomic E-state index is -1.08. The highest BCUT2D eigenvalue weighted by molar-refractivity contribution is 5.93. The summed E-state index contributed by atoms with van der Waals surface area (Å²) in [4.78, 5) is 29.3. The number of rotatable bonds is 6. The number of aromatic nitrogens is 1. The number of carboxylic acid groups (broad SMARTS) is 1. The number of nitrogens with zero attached hydrogens (tertiary/aromatic N) is 2. The van der Waals surface area contributed by atoms with Crippen molar-refractivity contribution in [2.75, 3.05) is 0 Å². The highest BCUT2D eigenvalue weighted by Crippen LogP contribution is 2.14. The molecule has 1 aromatic carbocycles. The molecule has 6 nitrogen and oxygen atoms in total. The fourth-order valence-corrected chi connectivity index (χ4v) is 2.40. The number of carbonyl (C=O) groups excluding carboxylic acids is 1. The van der Waals surface area contributed by atoms with Crippen LogP contribution in [0.15, 0.2) is 71.5 Å². The summed E-state index contributed by atoms with van der Waals surface area (Å²) in [7, 11) is 0. The van der Waals surface area contributed by atoms with Crippen LogP contribution in [-0.2, 0) is 13.1 Å². The molecular formula is C19H16N2O4. The predicted octanol–water partition coefficient (Wildman–Crippen LogP) is 3.22. The summed E-state index contributed by atoms with van der Waals surface area (Å²) in [5.41, 5.74) is 1.20. The summed E-state index contributed by atoms with van der Waals surface area (Å²) in [6.45, 7) is 0.686. The van der Waals surface area contributed by atoms with E-state index in [4.69, 9.17) is 9.52 Å². The van der Waals surface area contributed by atoms with Gasteiger partial charge in [-0.15, -0.1) is 0 Å². The summed E-state index contributed by atoms with van der Waals surface area (Å²) in [6, 6.07) is 15.9. The second-order valence-corrected chi connectivity index (χ2v) is 5.46. The van der Waals surface area contributed by atoms with Crippen LogP contribution in [0.1, 0.15) is 32.2 Å². The minimum absolute atomic E-state index is 0.0391. The van der Waals surface area contributed by atoms with Crippen molar-refractivity contribution in [2.45, 2.75) is 13.1 Å². The van der Waals surface area contributed by atoms with Gasteiger partial charge in [0.25, 0.3) is 5.91 Å². The molecule has 0 atom stereocenters. The number of carboxylic acids is 1. The molecule has 0 aliphatic heterocycles. The Morgan fingerprint density at radius 2 is 1.80 bits per heavy atom. The van der Waals surface area contributed by atoms with Crippen molar-refractivity contribution in [1.82, 2.24) is 9.88 Å². The van der Waals surface area contributed by atoms with Gasteiger partial charge in [0.1, 0.15) is 11.5 Å². The molecule has 0 spiro atoms. The van der Waals surface area contributed by atoms with E-state index in [2.05, 4.69) is 4.98 Å². The lowest BCUT2D eigenvalue weighted by Gasteiger charge is -2.21. The Hall–Kier alpha value is -3.41. The molecule has 1 amide bonds. The van der Waals surface area contributed by atoms with Crippen LogP contribution >= 0.6 is 0 Å². The zero-order valence-corrected chi connectivity index (χ0v) is 13.3. The van der Waals surface area contributed by atoms with Crippen LogP contribution in [-0.4, -0.2) is 26.9 Å². The molecule has 0 bridgehead atoms. The predicted molar refractivity (Wildman–Crippen MR) is 89.9 cm³/mol. The first-order chi connectivity index (χ1) is 12.1. The van der Waals surface area contributed by atoms with Crippen LogP contribution in [0, 0.1) is 0 Å². The first kappa shape index (κ1) is 16.4. The Morgan fingerprint density at radius 1 is 1.00 bits per heavy atom. The lowest BCUT2D eigenvalue weighted by atomic mass is 10.2. The van der Waals surface area contributed by atoms with Gasteiger partial charge in [0.05, 0.1) is 18.4 Å². The second-order valence-electron chi connectivity index (χ2n) is 5.46. The van der Waals surface area contributed by atoms with Crippen molar-refractivity contribution in [3.8, 4) is 0 Å². The lowest BCUT2D eigenvalue weighted by Crippen LogP contribution is -2.30. The van der Waals surface area contributed by atoms with Crippen LogP contribution < -0.4 is 0 Å². The van der Waals surface area contributed by atoms with Crippen LogP contribution in [0.2, 0.25) is 0 Å². The molecule has 3 aromatic rings. The Labute approximate surface area is 144 Å². The molecule has 2 heterocycles. The highest BCUT2D eigenvalue weighted by Gasteiger charge is 2.19. The maximum atomic E-state index is 12.8. The van der Waals surface area contributed by atoms with Gasteiger partial charge < -0.3 is 14.4 Å². The molecule has 0 aliphatic rings. The van der Waals surface area contributed by atoms with Crippen molar-refractivity contribution in [2.24, 2.45) is 0 Å². The molecule has 126 valence electrons. The van der Waals surface area contributed by atoms with Crippen LogP contribution in [0.4, 0.5) is 0 Å². The van der Waals surface area contributed by atoms with E-state index in [9.17, 15) is 9.59 Å². The molecule has 0 aliphatic carbocycles. The van der Waals surface area contributed by atoms with Crippen molar-refractivity contribution in [3.05, 3.63) is 89.6 Å². The van der Waals surface area contributed by atoms with Crippen LogP contribution in [0.5, 0.6) is 0 Å². The topological polar surface area (TPSA) is 83.6 Å². The average molecular weight is 336 g/mol. The zero-order chi connectivity index (χ0) is 17.6. The van der Waals surface area contributed by atoms with E-state index in [0.29, 0.717) is 18.8 Å². The van der Waals surface area contributed by atoms with Crippen LogP contribution in [0.3, 0.4) is 0 Å². The van der Waals surface area contributed by atoms with E-state index in [1.54, 1.807) is 23.3 Å². The number of carbonyl (C=O) groups is 2. The minimum Gasteiger partial charge on any atom is -0.478 e. The molecule has 0 fully saturated rings. The van der Waals surface area contributed by atoms with E-state index < -0.39 is 5.97 Å². The molecule has 1 N–H and O–H groups in total. The lowest BCUT2D eigenvalue weighted by molar-refractivity contribution is 0.0687. The van der Waals surface area contributed by atoms with Gasteiger partial charge in [0.2, 0.25) is 0 Å². The van der Waals surface area contributed by atoms with Crippen molar-refractivity contribution >= 4 is 11.9 Å². The van der Waals surface area contributed by atoms with Gasteiger partial charge in [-0.2, -0.15) is 0 Å². The quantitative estimate of drug-likeness (QED) is 0.747. The summed E-state index contributed by atoms with van der Waals surface area (Å²) >= 11 is 0. The average Bonchev–Trinajstić information content (AvgIpc) is 3.14. The maximum absolute atomic E-state index is 12.8. The largest absolute Gasteiger partial charge is 0.478 e. The third-order valence-corrected chi connectivity index (χ3v) is 3.66. The maximum Gasteiger partial charge on any atom is 0.337 e. The second kappa shape index (κ2) is 7.44. The Morgan fingerprint density at radius 3 is 2.40 bits per heavy atom. The molecular weight excluding hydrogens is 320 g/mol. The Kier molecular flexibility index (Phi) is 4.89. The van der Waals surface area contributed by atoms with E-state index in [0.717, 1.165) is 5.56 Å². The van der Waals surface area contributed by atoms with E-state index in [-0.39, 0.29) is 17.2 Å². The molecule has 0 saturated heterocycles.